The fraction of sp³-hybridized carbons (Fsp3) is 0.133. The average Bonchev–Trinajstić information content (AvgIpc) is 2.38. The van der Waals surface area contributed by atoms with Gasteiger partial charge in [-0.25, -0.2) is 4.39 Å². The van der Waals surface area contributed by atoms with Crippen LogP contribution in [0.2, 0.25) is 5.02 Å². The first-order valence-electron chi connectivity index (χ1n) is 5.71. The van der Waals surface area contributed by atoms with Crippen LogP contribution in [0.5, 0.6) is 0 Å². The lowest BCUT2D eigenvalue weighted by atomic mass is 9.97. The highest BCUT2D eigenvalue weighted by atomic mass is 35.5. The molecule has 3 heteroatoms. The lowest BCUT2D eigenvalue weighted by Crippen LogP contribution is -2.07. The van der Waals surface area contributed by atoms with Gasteiger partial charge in [0.05, 0.1) is 5.56 Å². The molecule has 0 fully saturated rings. The summed E-state index contributed by atoms with van der Waals surface area (Å²) >= 11 is 5.67. The van der Waals surface area contributed by atoms with Crippen LogP contribution in [0.4, 0.5) is 4.39 Å². The number of ketones is 1. The van der Waals surface area contributed by atoms with E-state index in [2.05, 4.69) is 0 Å². The smallest absolute Gasteiger partial charge is 0.196 e. The highest BCUT2D eigenvalue weighted by Gasteiger charge is 2.16. The molecule has 0 heterocycles. The van der Waals surface area contributed by atoms with Gasteiger partial charge in [0.15, 0.2) is 5.78 Å². The number of hydrogen-bond acceptors (Lipinski definition) is 1. The molecule has 0 bridgehead atoms. The first-order chi connectivity index (χ1) is 8.63. The van der Waals surface area contributed by atoms with E-state index < -0.39 is 5.82 Å². The minimum atomic E-state index is -0.585. The molecule has 1 nitrogen and oxygen atoms in total. The molecule has 0 unspecified atom stereocenters. The first kappa shape index (κ1) is 12.8. The van der Waals surface area contributed by atoms with Gasteiger partial charge in [0.2, 0.25) is 0 Å². The zero-order valence-corrected chi connectivity index (χ0v) is 10.7. The van der Waals surface area contributed by atoms with Crippen molar-refractivity contribution in [3.8, 4) is 0 Å². The van der Waals surface area contributed by atoms with E-state index >= 15 is 0 Å². The molecular formula is C15H12ClFO. The molecule has 0 aliphatic carbocycles. The minimum Gasteiger partial charge on any atom is -0.288 e. The molecule has 2 rings (SSSR count). The number of hydrogen-bond donors (Lipinski definition) is 0. The fourth-order valence-electron chi connectivity index (χ4n) is 1.87. The van der Waals surface area contributed by atoms with Crippen molar-refractivity contribution in [3.63, 3.8) is 0 Å². The summed E-state index contributed by atoms with van der Waals surface area (Å²) in [5, 5.41) is 0.285. The van der Waals surface area contributed by atoms with E-state index in [1.807, 2.05) is 19.1 Å². The summed E-state index contributed by atoms with van der Waals surface area (Å²) in [7, 11) is 0. The Labute approximate surface area is 110 Å². The van der Waals surface area contributed by atoms with Crippen molar-refractivity contribution in [1.82, 2.24) is 0 Å². The Bertz CT molecular complexity index is 593. The summed E-state index contributed by atoms with van der Waals surface area (Å²) < 4.78 is 13.7. The van der Waals surface area contributed by atoms with Gasteiger partial charge in [-0.15, -0.1) is 0 Å². The van der Waals surface area contributed by atoms with Crippen molar-refractivity contribution in [3.05, 3.63) is 70.0 Å². The molecule has 0 saturated carbocycles. The summed E-state index contributed by atoms with van der Waals surface area (Å²) in [6, 6.07) is 11.3. The molecule has 0 amide bonds. The number of aryl methyl sites for hydroxylation is 1. The lowest BCUT2D eigenvalue weighted by Gasteiger charge is -2.07. The fourth-order valence-corrected chi connectivity index (χ4v) is 2.03. The van der Waals surface area contributed by atoms with Gasteiger partial charge >= 0.3 is 0 Å². The van der Waals surface area contributed by atoms with E-state index in [0.717, 1.165) is 18.1 Å². The van der Waals surface area contributed by atoms with Gasteiger partial charge in [0.1, 0.15) is 5.82 Å². The van der Waals surface area contributed by atoms with Crippen LogP contribution in [0, 0.1) is 5.82 Å². The van der Waals surface area contributed by atoms with Gasteiger partial charge in [-0.05, 0) is 30.2 Å². The quantitative estimate of drug-likeness (QED) is 0.755. The molecule has 2 aromatic carbocycles. The Balaban J connectivity index is 2.48. The first-order valence-corrected chi connectivity index (χ1v) is 6.09. The molecule has 0 atom stereocenters. The van der Waals surface area contributed by atoms with Crippen molar-refractivity contribution in [2.45, 2.75) is 13.3 Å². The van der Waals surface area contributed by atoms with E-state index in [9.17, 15) is 9.18 Å². The normalized spacial score (nSPS) is 10.4. The summed E-state index contributed by atoms with van der Waals surface area (Å²) in [6.45, 7) is 1.96. The molecule has 0 saturated heterocycles. The van der Waals surface area contributed by atoms with Gasteiger partial charge in [0, 0.05) is 10.6 Å². The maximum atomic E-state index is 13.7. The Morgan fingerprint density at radius 1 is 1.17 bits per heavy atom. The van der Waals surface area contributed by atoms with Crippen LogP contribution in [-0.2, 0) is 6.42 Å². The van der Waals surface area contributed by atoms with Crippen LogP contribution in [0.15, 0.2) is 42.5 Å². The Morgan fingerprint density at radius 3 is 2.56 bits per heavy atom. The van der Waals surface area contributed by atoms with Crippen LogP contribution in [0.25, 0.3) is 0 Å². The second-order valence-corrected chi connectivity index (χ2v) is 4.40. The monoisotopic (exact) mass is 262 g/mol. The Morgan fingerprint density at radius 2 is 1.89 bits per heavy atom. The second-order valence-electron chi connectivity index (χ2n) is 3.96. The molecular weight excluding hydrogens is 251 g/mol. The van der Waals surface area contributed by atoms with Crippen LogP contribution < -0.4 is 0 Å². The van der Waals surface area contributed by atoms with Crippen LogP contribution in [0.1, 0.15) is 28.4 Å². The van der Waals surface area contributed by atoms with Crippen LogP contribution >= 0.6 is 11.6 Å². The van der Waals surface area contributed by atoms with E-state index in [1.165, 1.54) is 12.1 Å². The molecule has 18 heavy (non-hydrogen) atoms. The van der Waals surface area contributed by atoms with Crippen LogP contribution in [-0.4, -0.2) is 5.78 Å². The molecule has 0 N–H and O–H groups in total. The topological polar surface area (TPSA) is 17.1 Å². The standard InChI is InChI=1S/C15H12ClFO/c1-2-10-5-3-4-6-12(10)15(18)13-8-7-11(16)9-14(13)17/h3-9H,2H2,1H3. The third-order valence-corrected chi connectivity index (χ3v) is 3.05. The van der Waals surface area contributed by atoms with Gasteiger partial charge < -0.3 is 0 Å². The SMILES string of the molecule is CCc1ccccc1C(=O)c1ccc(Cl)cc1F. The predicted molar refractivity (Wildman–Crippen MR) is 70.7 cm³/mol. The van der Waals surface area contributed by atoms with Crippen molar-refractivity contribution in [1.29, 1.82) is 0 Å². The summed E-state index contributed by atoms with van der Waals surface area (Å²) in [5.41, 5.74) is 1.51. The van der Waals surface area contributed by atoms with Gasteiger partial charge in [-0.1, -0.05) is 42.8 Å². The van der Waals surface area contributed by atoms with Crippen molar-refractivity contribution >= 4 is 17.4 Å². The largest absolute Gasteiger partial charge is 0.288 e. The number of benzene rings is 2. The predicted octanol–water partition coefficient (Wildman–Crippen LogP) is 4.27. The molecule has 0 aliphatic rings. The average molecular weight is 263 g/mol. The highest BCUT2D eigenvalue weighted by Crippen LogP contribution is 2.20. The van der Waals surface area contributed by atoms with E-state index in [-0.39, 0.29) is 16.4 Å². The molecule has 2 aromatic rings. The number of halogens is 2. The zero-order chi connectivity index (χ0) is 13.1. The van der Waals surface area contributed by atoms with Crippen molar-refractivity contribution in [2.75, 3.05) is 0 Å². The number of carbonyl (C=O) groups excluding carboxylic acids is 1. The third kappa shape index (κ3) is 2.44. The van der Waals surface area contributed by atoms with Crippen molar-refractivity contribution < 1.29 is 9.18 Å². The van der Waals surface area contributed by atoms with E-state index in [1.54, 1.807) is 12.1 Å². The maximum Gasteiger partial charge on any atom is 0.196 e. The van der Waals surface area contributed by atoms with E-state index in [4.69, 9.17) is 11.6 Å². The molecule has 92 valence electrons. The zero-order valence-electron chi connectivity index (χ0n) is 9.91. The highest BCUT2D eigenvalue weighted by molar-refractivity contribution is 6.30. The lowest BCUT2D eigenvalue weighted by molar-refractivity contribution is 0.103. The molecule has 0 spiro atoms. The number of carbonyl (C=O) groups is 1. The van der Waals surface area contributed by atoms with Crippen molar-refractivity contribution in [2.24, 2.45) is 0 Å². The number of rotatable bonds is 3. The summed E-state index contributed by atoms with van der Waals surface area (Å²) in [6.07, 6.45) is 0.733. The molecule has 0 radical (unpaired) electrons. The summed E-state index contributed by atoms with van der Waals surface area (Å²) in [5.74, 6) is -0.889. The Hall–Kier alpha value is -1.67. The van der Waals surface area contributed by atoms with Gasteiger partial charge in [0.25, 0.3) is 0 Å². The second kappa shape index (κ2) is 5.32. The summed E-state index contributed by atoms with van der Waals surface area (Å²) in [4.78, 5) is 12.3. The Kier molecular flexibility index (Phi) is 3.78. The minimum absolute atomic E-state index is 0.0558. The third-order valence-electron chi connectivity index (χ3n) is 2.82. The molecule has 0 aromatic heterocycles. The molecule has 0 aliphatic heterocycles. The van der Waals surface area contributed by atoms with E-state index in [0.29, 0.717) is 5.56 Å². The van der Waals surface area contributed by atoms with Gasteiger partial charge in [-0.2, -0.15) is 0 Å². The van der Waals surface area contributed by atoms with Gasteiger partial charge in [-0.3, -0.25) is 4.79 Å². The maximum absolute atomic E-state index is 13.7. The van der Waals surface area contributed by atoms with Crippen LogP contribution in [0.3, 0.4) is 0 Å².